The van der Waals surface area contributed by atoms with E-state index in [2.05, 4.69) is 6.58 Å². The number of carbonyl (C=O) groups is 2. The zero-order chi connectivity index (χ0) is 6.57. The van der Waals surface area contributed by atoms with E-state index >= 15 is 0 Å². The maximum Gasteiger partial charge on any atom is 0.266 e. The fourth-order valence-electron chi connectivity index (χ4n) is 0.157. The molecule has 0 fully saturated rings. The molecule has 0 unspecified atom stereocenters. The molecule has 0 radical (unpaired) electrons. The standard InChI is InChI=1S/C4H6N2O2/c1-2-4(8)6(5)3-7/h2-3H,1,5H2. The number of carbonyl (C=O) groups excluding carboxylic acids is 2. The molecular formula is C4H6N2O2. The van der Waals surface area contributed by atoms with E-state index < -0.39 is 5.91 Å². The van der Waals surface area contributed by atoms with E-state index in [0.717, 1.165) is 6.08 Å². The first-order chi connectivity index (χ1) is 3.72. The number of hydrazine groups is 1. The van der Waals surface area contributed by atoms with Crippen LogP contribution in [-0.4, -0.2) is 17.3 Å². The molecule has 0 aromatic rings. The van der Waals surface area contributed by atoms with Gasteiger partial charge in [0.15, 0.2) is 0 Å². The van der Waals surface area contributed by atoms with Crippen molar-refractivity contribution >= 4 is 12.3 Å². The van der Waals surface area contributed by atoms with Gasteiger partial charge in [-0.2, -0.15) is 0 Å². The van der Waals surface area contributed by atoms with Gasteiger partial charge in [0.1, 0.15) is 0 Å². The average Bonchev–Trinajstić information content (AvgIpc) is 1.84. The van der Waals surface area contributed by atoms with E-state index in [1.165, 1.54) is 0 Å². The maximum atomic E-state index is 10.2. The molecule has 8 heavy (non-hydrogen) atoms. The lowest BCUT2D eigenvalue weighted by Crippen LogP contribution is -2.34. The van der Waals surface area contributed by atoms with Crippen molar-refractivity contribution in [1.82, 2.24) is 5.01 Å². The minimum absolute atomic E-state index is 0.212. The molecule has 0 heterocycles. The fraction of sp³-hybridized carbons (Fsp3) is 0. The van der Waals surface area contributed by atoms with Crippen LogP contribution < -0.4 is 5.84 Å². The smallest absolute Gasteiger partial charge is 0.266 e. The molecule has 0 saturated heterocycles. The fourth-order valence-corrected chi connectivity index (χ4v) is 0.157. The van der Waals surface area contributed by atoms with Crippen molar-refractivity contribution in [3.05, 3.63) is 12.7 Å². The van der Waals surface area contributed by atoms with Crippen molar-refractivity contribution in [1.29, 1.82) is 0 Å². The first kappa shape index (κ1) is 6.84. The lowest BCUT2D eigenvalue weighted by Gasteiger charge is -2.00. The monoisotopic (exact) mass is 114 g/mol. The van der Waals surface area contributed by atoms with Crippen LogP contribution in [0.25, 0.3) is 0 Å². The molecule has 0 aliphatic rings. The van der Waals surface area contributed by atoms with E-state index in [0.29, 0.717) is 5.01 Å². The Morgan fingerprint density at radius 3 is 2.38 bits per heavy atom. The van der Waals surface area contributed by atoms with Gasteiger partial charge in [0.2, 0.25) is 6.41 Å². The van der Waals surface area contributed by atoms with Crippen LogP contribution in [0.1, 0.15) is 0 Å². The summed E-state index contributed by atoms with van der Waals surface area (Å²) >= 11 is 0. The average molecular weight is 114 g/mol. The SMILES string of the molecule is C=CC(=O)N(N)C=O. The number of hydrogen-bond donors (Lipinski definition) is 1. The molecule has 0 bridgehead atoms. The highest BCUT2D eigenvalue weighted by Crippen LogP contribution is 1.72. The summed E-state index contributed by atoms with van der Waals surface area (Å²) in [5.41, 5.74) is 0. The summed E-state index contributed by atoms with van der Waals surface area (Å²) in [6.07, 6.45) is 1.17. The number of hydrogen-bond acceptors (Lipinski definition) is 3. The van der Waals surface area contributed by atoms with Crippen LogP contribution in [0.5, 0.6) is 0 Å². The van der Waals surface area contributed by atoms with E-state index in [1.54, 1.807) is 0 Å². The van der Waals surface area contributed by atoms with Crippen molar-refractivity contribution in [2.45, 2.75) is 0 Å². The Morgan fingerprint density at radius 2 is 2.25 bits per heavy atom. The minimum atomic E-state index is -0.611. The lowest BCUT2D eigenvalue weighted by atomic mass is 10.6. The van der Waals surface area contributed by atoms with Crippen LogP contribution in [0.15, 0.2) is 12.7 Å². The summed E-state index contributed by atoms with van der Waals surface area (Å²) in [5, 5.41) is 0.410. The number of nitrogens with two attached hydrogens (primary N) is 1. The minimum Gasteiger partial charge on any atom is -0.277 e. The molecule has 0 aliphatic heterocycles. The van der Waals surface area contributed by atoms with E-state index in [9.17, 15) is 9.59 Å². The Balaban J connectivity index is 3.80. The second kappa shape index (κ2) is 2.92. The molecular weight excluding hydrogens is 108 g/mol. The first-order valence-electron chi connectivity index (χ1n) is 1.88. The molecule has 4 nitrogen and oxygen atoms in total. The summed E-state index contributed by atoms with van der Waals surface area (Å²) in [6, 6.07) is 0. The molecule has 0 saturated carbocycles. The molecule has 2 amide bonds. The van der Waals surface area contributed by atoms with Crippen LogP contribution in [0.4, 0.5) is 0 Å². The summed E-state index contributed by atoms with van der Waals surface area (Å²) in [4.78, 5) is 19.8. The van der Waals surface area contributed by atoms with Crippen molar-refractivity contribution in [3.63, 3.8) is 0 Å². The molecule has 0 aliphatic carbocycles. The van der Waals surface area contributed by atoms with Gasteiger partial charge in [-0.25, -0.2) is 10.9 Å². The molecule has 0 spiro atoms. The lowest BCUT2D eigenvalue weighted by molar-refractivity contribution is -0.134. The van der Waals surface area contributed by atoms with Crippen LogP contribution in [0, 0.1) is 0 Å². The predicted octanol–water partition coefficient (Wildman–Crippen LogP) is -0.969. The van der Waals surface area contributed by atoms with Gasteiger partial charge in [-0.15, -0.1) is 0 Å². The van der Waals surface area contributed by atoms with Gasteiger partial charge in [0.05, 0.1) is 0 Å². The van der Waals surface area contributed by atoms with Gasteiger partial charge in [-0.3, -0.25) is 9.59 Å². The third-order valence-electron chi connectivity index (χ3n) is 0.543. The molecule has 0 aromatic heterocycles. The third kappa shape index (κ3) is 1.53. The number of rotatable bonds is 2. The zero-order valence-corrected chi connectivity index (χ0v) is 4.20. The van der Waals surface area contributed by atoms with Crippen molar-refractivity contribution in [3.8, 4) is 0 Å². The third-order valence-corrected chi connectivity index (χ3v) is 0.543. The summed E-state index contributed by atoms with van der Waals surface area (Å²) in [6.45, 7) is 3.10. The van der Waals surface area contributed by atoms with Gasteiger partial charge < -0.3 is 0 Å². The Labute approximate surface area is 46.5 Å². The Bertz CT molecular complexity index is 121. The van der Waals surface area contributed by atoms with E-state index in [4.69, 9.17) is 5.84 Å². The Hall–Kier alpha value is -1.16. The van der Waals surface area contributed by atoms with Gasteiger partial charge in [-0.1, -0.05) is 6.58 Å². The number of amides is 2. The molecule has 0 aromatic carbocycles. The molecule has 2 N–H and O–H groups in total. The highest BCUT2D eigenvalue weighted by molar-refractivity contribution is 5.93. The first-order valence-corrected chi connectivity index (χ1v) is 1.88. The summed E-state index contributed by atoms with van der Waals surface area (Å²) in [7, 11) is 0. The highest BCUT2D eigenvalue weighted by Gasteiger charge is 1.98. The predicted molar refractivity (Wildman–Crippen MR) is 27.3 cm³/mol. The van der Waals surface area contributed by atoms with Crippen LogP contribution in [0.2, 0.25) is 0 Å². The van der Waals surface area contributed by atoms with Crippen molar-refractivity contribution < 1.29 is 9.59 Å². The molecule has 0 rings (SSSR count). The summed E-state index contributed by atoms with van der Waals surface area (Å²) < 4.78 is 0. The second-order valence-electron chi connectivity index (χ2n) is 1.06. The molecule has 44 valence electrons. The Kier molecular flexibility index (Phi) is 2.50. The van der Waals surface area contributed by atoms with Gasteiger partial charge >= 0.3 is 0 Å². The van der Waals surface area contributed by atoms with Gasteiger partial charge in [-0.05, 0) is 6.08 Å². The maximum absolute atomic E-state index is 10.2. The highest BCUT2D eigenvalue weighted by atomic mass is 16.2. The van der Waals surface area contributed by atoms with Crippen molar-refractivity contribution in [2.24, 2.45) is 5.84 Å². The normalized spacial score (nSPS) is 7.62. The zero-order valence-electron chi connectivity index (χ0n) is 4.20. The Morgan fingerprint density at radius 1 is 1.75 bits per heavy atom. The van der Waals surface area contributed by atoms with Crippen LogP contribution in [-0.2, 0) is 9.59 Å². The summed E-state index contributed by atoms with van der Waals surface area (Å²) in [5.74, 6) is 4.16. The topological polar surface area (TPSA) is 63.4 Å². The second-order valence-corrected chi connectivity index (χ2v) is 1.06. The van der Waals surface area contributed by atoms with Gasteiger partial charge in [0, 0.05) is 0 Å². The molecule has 4 heteroatoms. The van der Waals surface area contributed by atoms with Crippen molar-refractivity contribution in [2.75, 3.05) is 0 Å². The van der Waals surface area contributed by atoms with Gasteiger partial charge in [0.25, 0.3) is 5.91 Å². The van der Waals surface area contributed by atoms with E-state index in [1.807, 2.05) is 0 Å². The van der Waals surface area contributed by atoms with Crippen LogP contribution in [0.3, 0.4) is 0 Å². The number of nitrogens with zero attached hydrogens (tertiary/aromatic N) is 1. The largest absolute Gasteiger partial charge is 0.277 e. The van der Waals surface area contributed by atoms with Crippen LogP contribution >= 0.6 is 0 Å². The molecule has 0 atom stereocenters. The number of imide groups is 1. The van der Waals surface area contributed by atoms with E-state index in [-0.39, 0.29) is 6.41 Å². The quantitative estimate of drug-likeness (QED) is 0.165.